The fourth-order valence-electron chi connectivity index (χ4n) is 2.11. The Morgan fingerprint density at radius 2 is 1.88 bits per heavy atom. The maximum absolute atomic E-state index is 8.96. The summed E-state index contributed by atoms with van der Waals surface area (Å²) in [6.07, 6.45) is 0. The third-order valence-corrected chi connectivity index (χ3v) is 3.21. The van der Waals surface area contributed by atoms with Gasteiger partial charge in [0.05, 0.1) is 18.2 Å². The molecule has 6 heteroatoms. The molecule has 0 saturated carbocycles. The van der Waals surface area contributed by atoms with Crippen molar-refractivity contribution in [1.29, 1.82) is 5.26 Å². The molecular weight excluding hydrogens is 306 g/mol. The van der Waals surface area contributed by atoms with Gasteiger partial charge in [0.15, 0.2) is 18.1 Å². The molecule has 3 rings (SSSR count). The van der Waals surface area contributed by atoms with Gasteiger partial charge in [0, 0.05) is 11.6 Å². The van der Waals surface area contributed by atoms with E-state index >= 15 is 0 Å². The molecule has 0 bridgehead atoms. The molecule has 120 valence electrons. The minimum atomic E-state index is 0.117. The average Bonchev–Trinajstić information content (AvgIpc) is 3.10. The zero-order valence-corrected chi connectivity index (χ0v) is 13.1. The summed E-state index contributed by atoms with van der Waals surface area (Å²) in [5, 5.41) is 17.0. The second-order valence-corrected chi connectivity index (χ2v) is 4.86. The summed E-state index contributed by atoms with van der Waals surface area (Å²) in [4.78, 5) is 0. The molecule has 0 aliphatic carbocycles. The second-order valence-electron chi connectivity index (χ2n) is 4.86. The molecule has 1 aromatic heterocycles. The van der Waals surface area contributed by atoms with Gasteiger partial charge in [0.2, 0.25) is 5.89 Å². The Bertz CT molecular complexity index is 853. The van der Waals surface area contributed by atoms with Crippen LogP contribution < -0.4 is 9.47 Å². The van der Waals surface area contributed by atoms with Gasteiger partial charge in [-0.15, -0.1) is 10.2 Å². The van der Waals surface area contributed by atoms with Gasteiger partial charge in [-0.2, -0.15) is 5.26 Å². The molecule has 0 amide bonds. The molecular formula is C18H15N3O3. The Morgan fingerprint density at radius 3 is 2.62 bits per heavy atom. The largest absolute Gasteiger partial charge is 0.490 e. The Labute approximate surface area is 139 Å². The molecule has 24 heavy (non-hydrogen) atoms. The molecule has 6 nitrogen and oxygen atoms in total. The molecule has 0 radical (unpaired) electrons. The van der Waals surface area contributed by atoms with E-state index in [2.05, 4.69) is 16.3 Å². The summed E-state index contributed by atoms with van der Waals surface area (Å²) in [5.74, 6) is 1.84. The van der Waals surface area contributed by atoms with Gasteiger partial charge < -0.3 is 13.9 Å². The van der Waals surface area contributed by atoms with Crippen molar-refractivity contribution in [3.63, 3.8) is 0 Å². The summed E-state index contributed by atoms with van der Waals surface area (Å²) in [7, 11) is 0. The molecule has 0 N–H and O–H groups in total. The van der Waals surface area contributed by atoms with Gasteiger partial charge >= 0.3 is 0 Å². The number of benzene rings is 2. The minimum absolute atomic E-state index is 0.117. The van der Waals surface area contributed by atoms with E-state index in [4.69, 9.17) is 19.2 Å². The van der Waals surface area contributed by atoms with E-state index in [9.17, 15) is 0 Å². The van der Waals surface area contributed by atoms with Crippen molar-refractivity contribution in [2.24, 2.45) is 0 Å². The number of rotatable bonds is 6. The van der Waals surface area contributed by atoms with Crippen LogP contribution in [-0.4, -0.2) is 16.8 Å². The number of nitriles is 1. The smallest absolute Gasteiger partial charge is 0.254 e. The first-order chi connectivity index (χ1) is 11.8. The van der Waals surface area contributed by atoms with Crippen molar-refractivity contribution in [2.45, 2.75) is 13.5 Å². The minimum Gasteiger partial charge on any atom is -0.490 e. The first-order valence-corrected chi connectivity index (χ1v) is 7.47. The van der Waals surface area contributed by atoms with Crippen molar-refractivity contribution >= 4 is 0 Å². The van der Waals surface area contributed by atoms with Crippen molar-refractivity contribution in [1.82, 2.24) is 10.2 Å². The zero-order chi connectivity index (χ0) is 16.8. The number of aromatic nitrogens is 2. The molecule has 2 aromatic carbocycles. The van der Waals surface area contributed by atoms with Crippen LogP contribution in [0.5, 0.6) is 11.5 Å². The first kappa shape index (κ1) is 15.6. The SMILES string of the molecule is CCOc1cc(C#N)ccc1OCc1nnc(-c2ccccc2)o1. The monoisotopic (exact) mass is 321 g/mol. The van der Waals surface area contributed by atoms with Crippen LogP contribution in [-0.2, 0) is 6.61 Å². The third-order valence-electron chi connectivity index (χ3n) is 3.21. The topological polar surface area (TPSA) is 81.2 Å². The highest BCUT2D eigenvalue weighted by Crippen LogP contribution is 2.29. The molecule has 0 fully saturated rings. The van der Waals surface area contributed by atoms with Crippen molar-refractivity contribution < 1.29 is 13.9 Å². The van der Waals surface area contributed by atoms with Crippen LogP contribution in [0.3, 0.4) is 0 Å². The van der Waals surface area contributed by atoms with Crippen molar-refractivity contribution in [2.75, 3.05) is 6.61 Å². The van der Waals surface area contributed by atoms with E-state index in [1.165, 1.54) is 0 Å². The fraction of sp³-hybridized carbons (Fsp3) is 0.167. The lowest BCUT2D eigenvalue weighted by molar-refractivity contribution is 0.243. The lowest BCUT2D eigenvalue weighted by atomic mass is 10.2. The zero-order valence-electron chi connectivity index (χ0n) is 13.1. The lowest BCUT2D eigenvalue weighted by Gasteiger charge is -2.10. The fourth-order valence-corrected chi connectivity index (χ4v) is 2.11. The van der Waals surface area contributed by atoms with Crippen molar-refractivity contribution in [3.8, 4) is 29.0 Å². The lowest BCUT2D eigenvalue weighted by Crippen LogP contribution is -2.00. The van der Waals surface area contributed by atoms with Gasteiger partial charge in [0.25, 0.3) is 5.89 Å². The van der Waals surface area contributed by atoms with Gasteiger partial charge in [0.1, 0.15) is 0 Å². The molecule has 0 atom stereocenters. The molecule has 0 aliphatic heterocycles. The molecule has 0 aliphatic rings. The Balaban J connectivity index is 1.72. The highest BCUT2D eigenvalue weighted by atomic mass is 16.5. The Kier molecular flexibility index (Phi) is 4.73. The van der Waals surface area contributed by atoms with Crippen LogP contribution in [0.25, 0.3) is 11.5 Å². The number of ether oxygens (including phenoxy) is 2. The maximum atomic E-state index is 8.96. The first-order valence-electron chi connectivity index (χ1n) is 7.47. The van der Waals surface area contributed by atoms with Crippen LogP contribution in [0.15, 0.2) is 52.9 Å². The number of nitrogens with zero attached hydrogens (tertiary/aromatic N) is 3. The van der Waals surface area contributed by atoms with E-state index in [1.54, 1.807) is 18.2 Å². The average molecular weight is 321 g/mol. The van der Waals surface area contributed by atoms with E-state index in [1.807, 2.05) is 37.3 Å². The summed E-state index contributed by atoms with van der Waals surface area (Å²) < 4.78 is 16.8. The summed E-state index contributed by atoms with van der Waals surface area (Å²) in [5.41, 5.74) is 1.36. The molecule has 1 heterocycles. The van der Waals surface area contributed by atoms with Crippen LogP contribution in [0, 0.1) is 11.3 Å². The van der Waals surface area contributed by atoms with E-state index in [0.29, 0.717) is 35.5 Å². The second kappa shape index (κ2) is 7.29. The van der Waals surface area contributed by atoms with E-state index in [0.717, 1.165) is 5.56 Å². The quantitative estimate of drug-likeness (QED) is 0.690. The van der Waals surface area contributed by atoms with Crippen LogP contribution in [0.2, 0.25) is 0 Å². The molecule has 3 aromatic rings. The highest BCUT2D eigenvalue weighted by molar-refractivity contribution is 5.51. The van der Waals surface area contributed by atoms with E-state index in [-0.39, 0.29) is 6.61 Å². The molecule has 0 saturated heterocycles. The molecule has 0 spiro atoms. The van der Waals surface area contributed by atoms with E-state index < -0.39 is 0 Å². The van der Waals surface area contributed by atoms with Crippen LogP contribution in [0.4, 0.5) is 0 Å². The highest BCUT2D eigenvalue weighted by Gasteiger charge is 2.11. The predicted molar refractivity (Wildman–Crippen MR) is 86.4 cm³/mol. The van der Waals surface area contributed by atoms with Gasteiger partial charge in [-0.25, -0.2) is 0 Å². The van der Waals surface area contributed by atoms with Gasteiger partial charge in [-0.3, -0.25) is 0 Å². The number of hydrogen-bond acceptors (Lipinski definition) is 6. The maximum Gasteiger partial charge on any atom is 0.254 e. The van der Waals surface area contributed by atoms with Crippen LogP contribution >= 0.6 is 0 Å². The summed E-state index contributed by atoms with van der Waals surface area (Å²) in [6.45, 7) is 2.46. The summed E-state index contributed by atoms with van der Waals surface area (Å²) >= 11 is 0. The van der Waals surface area contributed by atoms with Gasteiger partial charge in [-0.05, 0) is 31.2 Å². The van der Waals surface area contributed by atoms with Crippen LogP contribution in [0.1, 0.15) is 18.4 Å². The van der Waals surface area contributed by atoms with Crippen molar-refractivity contribution in [3.05, 3.63) is 60.0 Å². The standard InChI is InChI=1S/C18H15N3O3/c1-2-22-16-10-13(11-19)8-9-15(16)23-12-17-20-21-18(24-17)14-6-4-3-5-7-14/h3-10H,2,12H2,1H3. The molecule has 0 unspecified atom stereocenters. The Hall–Kier alpha value is -3.33. The van der Waals surface area contributed by atoms with Gasteiger partial charge in [-0.1, -0.05) is 18.2 Å². The predicted octanol–water partition coefficient (Wildman–Crippen LogP) is 3.59. The Morgan fingerprint density at radius 1 is 1.04 bits per heavy atom. The normalized spacial score (nSPS) is 10.2. The number of hydrogen-bond donors (Lipinski definition) is 0. The summed E-state index contributed by atoms with van der Waals surface area (Å²) in [6, 6.07) is 16.6. The third kappa shape index (κ3) is 3.52.